The molecular formula is C15H9F6IN2O. The van der Waals surface area contributed by atoms with Gasteiger partial charge in [0.05, 0.1) is 16.8 Å². The van der Waals surface area contributed by atoms with Gasteiger partial charge in [-0.2, -0.15) is 26.3 Å². The van der Waals surface area contributed by atoms with Crippen LogP contribution >= 0.6 is 22.6 Å². The van der Waals surface area contributed by atoms with Crippen molar-refractivity contribution in [3.8, 4) is 0 Å². The van der Waals surface area contributed by atoms with Crippen LogP contribution in [0.3, 0.4) is 0 Å². The summed E-state index contributed by atoms with van der Waals surface area (Å²) in [4.78, 5) is 11.9. The average molecular weight is 474 g/mol. The second-order valence-corrected chi connectivity index (χ2v) is 6.02. The summed E-state index contributed by atoms with van der Waals surface area (Å²) in [6.07, 6.45) is -9.97. The van der Waals surface area contributed by atoms with Crippen LogP contribution in [0.5, 0.6) is 0 Å². The summed E-state index contributed by atoms with van der Waals surface area (Å²) in [5, 5.41) is 4.34. The third-order valence-corrected chi connectivity index (χ3v) is 3.91. The number of hydrogen-bond donors (Lipinski definition) is 2. The molecular weight excluding hydrogens is 465 g/mol. The Balaban J connectivity index is 2.29. The van der Waals surface area contributed by atoms with Crippen LogP contribution in [0.15, 0.2) is 42.5 Å². The number of alkyl halides is 6. The largest absolute Gasteiger partial charge is 0.416 e. The van der Waals surface area contributed by atoms with E-state index >= 15 is 0 Å². The van der Waals surface area contributed by atoms with Crippen molar-refractivity contribution in [2.45, 2.75) is 12.4 Å². The average Bonchev–Trinajstić information content (AvgIpc) is 2.47. The van der Waals surface area contributed by atoms with Crippen LogP contribution in [0.1, 0.15) is 11.1 Å². The normalized spacial score (nSPS) is 12.0. The second-order valence-electron chi connectivity index (χ2n) is 4.85. The molecule has 2 rings (SSSR count). The molecule has 2 N–H and O–H groups in total. The highest BCUT2D eigenvalue weighted by Crippen LogP contribution is 2.37. The molecule has 0 aliphatic heterocycles. The zero-order chi connectivity index (χ0) is 18.8. The fourth-order valence-corrected chi connectivity index (χ4v) is 2.40. The van der Waals surface area contributed by atoms with Gasteiger partial charge < -0.3 is 10.6 Å². The number of amides is 2. The minimum atomic E-state index is -4.98. The number of para-hydroxylation sites is 1. The summed E-state index contributed by atoms with van der Waals surface area (Å²) in [6, 6.07) is 6.42. The highest BCUT2D eigenvalue weighted by atomic mass is 127. The first-order valence-electron chi connectivity index (χ1n) is 6.59. The summed E-state index contributed by atoms with van der Waals surface area (Å²) in [6.45, 7) is 0. The molecule has 0 fully saturated rings. The zero-order valence-electron chi connectivity index (χ0n) is 12.1. The molecule has 0 unspecified atom stereocenters. The van der Waals surface area contributed by atoms with Gasteiger partial charge in [0.15, 0.2) is 0 Å². The molecule has 0 atom stereocenters. The second kappa shape index (κ2) is 7.10. The molecule has 2 aromatic carbocycles. The third-order valence-electron chi connectivity index (χ3n) is 2.97. The molecule has 0 radical (unpaired) electrons. The quantitative estimate of drug-likeness (QED) is 0.409. The van der Waals surface area contributed by atoms with Gasteiger partial charge >= 0.3 is 18.4 Å². The molecule has 2 aromatic rings. The van der Waals surface area contributed by atoms with E-state index in [4.69, 9.17) is 0 Å². The molecule has 10 heteroatoms. The van der Waals surface area contributed by atoms with Gasteiger partial charge in [0, 0.05) is 9.26 Å². The van der Waals surface area contributed by atoms with E-state index < -0.39 is 35.2 Å². The first kappa shape index (κ1) is 19.3. The lowest BCUT2D eigenvalue weighted by Gasteiger charge is -2.15. The van der Waals surface area contributed by atoms with E-state index in [2.05, 4.69) is 5.32 Å². The van der Waals surface area contributed by atoms with Crippen LogP contribution in [0.4, 0.5) is 42.5 Å². The van der Waals surface area contributed by atoms with Gasteiger partial charge in [-0.1, -0.05) is 12.1 Å². The third kappa shape index (κ3) is 5.25. The van der Waals surface area contributed by atoms with Crippen LogP contribution in [-0.2, 0) is 12.4 Å². The van der Waals surface area contributed by atoms with Crippen molar-refractivity contribution in [2.75, 3.05) is 10.6 Å². The van der Waals surface area contributed by atoms with Crippen LogP contribution in [0.2, 0.25) is 0 Å². The molecule has 0 aliphatic rings. The Morgan fingerprint density at radius 2 is 1.36 bits per heavy atom. The fraction of sp³-hybridized carbons (Fsp3) is 0.133. The molecule has 134 valence electrons. The Morgan fingerprint density at radius 3 is 1.84 bits per heavy atom. The van der Waals surface area contributed by atoms with E-state index in [0.717, 1.165) is 0 Å². The summed E-state index contributed by atoms with van der Waals surface area (Å²) in [5.74, 6) is 0. The van der Waals surface area contributed by atoms with E-state index in [9.17, 15) is 31.1 Å². The first-order chi connectivity index (χ1) is 11.5. The lowest BCUT2D eigenvalue weighted by molar-refractivity contribution is -0.143. The number of carbonyl (C=O) groups is 1. The van der Waals surface area contributed by atoms with E-state index in [1.165, 1.54) is 6.07 Å². The van der Waals surface area contributed by atoms with Gasteiger partial charge in [0.1, 0.15) is 0 Å². The highest BCUT2D eigenvalue weighted by Gasteiger charge is 2.37. The van der Waals surface area contributed by atoms with Gasteiger partial charge in [-0.05, 0) is 52.9 Å². The molecule has 0 bridgehead atoms. The van der Waals surface area contributed by atoms with Gasteiger partial charge in [0.25, 0.3) is 0 Å². The van der Waals surface area contributed by atoms with Crippen LogP contribution in [-0.4, -0.2) is 6.03 Å². The molecule has 0 aliphatic carbocycles. The van der Waals surface area contributed by atoms with Gasteiger partial charge in [-0.15, -0.1) is 0 Å². The number of anilines is 2. The maximum absolute atomic E-state index is 12.8. The zero-order valence-corrected chi connectivity index (χ0v) is 14.3. The molecule has 0 aromatic heterocycles. The predicted octanol–water partition coefficient (Wildman–Crippen LogP) is 5.97. The molecule has 25 heavy (non-hydrogen) atoms. The van der Waals surface area contributed by atoms with Crippen LogP contribution < -0.4 is 10.6 Å². The van der Waals surface area contributed by atoms with E-state index in [1.807, 2.05) is 27.9 Å². The van der Waals surface area contributed by atoms with Crippen molar-refractivity contribution in [1.29, 1.82) is 0 Å². The Bertz CT molecular complexity index is 756. The van der Waals surface area contributed by atoms with Crippen LogP contribution in [0.25, 0.3) is 0 Å². The van der Waals surface area contributed by atoms with Gasteiger partial charge in [-0.25, -0.2) is 4.79 Å². The van der Waals surface area contributed by atoms with E-state index in [1.54, 1.807) is 18.2 Å². The van der Waals surface area contributed by atoms with Gasteiger partial charge in [0.2, 0.25) is 0 Å². The van der Waals surface area contributed by atoms with E-state index in [0.29, 0.717) is 21.4 Å². The van der Waals surface area contributed by atoms with Crippen molar-refractivity contribution in [2.24, 2.45) is 0 Å². The SMILES string of the molecule is O=C(Nc1cc(C(F)(F)F)cc(C(F)(F)F)c1)Nc1ccccc1I. The maximum Gasteiger partial charge on any atom is 0.416 e. The Morgan fingerprint density at radius 1 is 0.840 bits per heavy atom. The first-order valence-corrected chi connectivity index (χ1v) is 7.67. The molecule has 0 saturated carbocycles. The van der Waals surface area contributed by atoms with Crippen molar-refractivity contribution in [3.63, 3.8) is 0 Å². The molecule has 2 amide bonds. The molecule has 0 spiro atoms. The number of hydrogen-bond acceptors (Lipinski definition) is 1. The number of nitrogens with one attached hydrogen (secondary N) is 2. The molecule has 3 nitrogen and oxygen atoms in total. The van der Waals surface area contributed by atoms with Crippen molar-refractivity contribution < 1.29 is 31.1 Å². The fourth-order valence-electron chi connectivity index (χ4n) is 1.87. The monoisotopic (exact) mass is 474 g/mol. The number of benzene rings is 2. The minimum absolute atomic E-state index is 0.0107. The topological polar surface area (TPSA) is 41.1 Å². The summed E-state index contributed by atoms with van der Waals surface area (Å²) < 4.78 is 77.3. The van der Waals surface area contributed by atoms with E-state index in [-0.39, 0.29) is 6.07 Å². The van der Waals surface area contributed by atoms with Crippen LogP contribution in [0, 0.1) is 3.57 Å². The number of carbonyl (C=O) groups excluding carboxylic acids is 1. The number of rotatable bonds is 2. The lowest BCUT2D eigenvalue weighted by Crippen LogP contribution is -2.21. The Kier molecular flexibility index (Phi) is 5.49. The van der Waals surface area contributed by atoms with Crippen molar-refractivity contribution in [1.82, 2.24) is 0 Å². The summed E-state index contributed by atoms with van der Waals surface area (Å²) >= 11 is 1.92. The number of urea groups is 1. The molecule has 0 saturated heterocycles. The number of halogens is 7. The summed E-state index contributed by atoms with van der Waals surface area (Å²) in [7, 11) is 0. The lowest BCUT2D eigenvalue weighted by atomic mass is 10.1. The maximum atomic E-state index is 12.8. The molecule has 0 heterocycles. The minimum Gasteiger partial charge on any atom is -0.308 e. The predicted molar refractivity (Wildman–Crippen MR) is 88.2 cm³/mol. The Hall–Kier alpha value is -1.98. The summed E-state index contributed by atoms with van der Waals surface area (Å²) in [5.41, 5.74) is -3.27. The standard InChI is InChI=1S/C15H9F6IN2O/c16-14(17,18)8-5-9(15(19,20)21)7-10(6-8)23-13(25)24-12-4-2-1-3-11(12)22/h1-7H,(H2,23,24,25). The van der Waals surface area contributed by atoms with Crippen molar-refractivity contribution in [3.05, 3.63) is 57.2 Å². The smallest absolute Gasteiger partial charge is 0.308 e. The highest BCUT2D eigenvalue weighted by molar-refractivity contribution is 14.1. The van der Waals surface area contributed by atoms with Gasteiger partial charge in [-0.3, -0.25) is 0 Å². The van der Waals surface area contributed by atoms with Crippen molar-refractivity contribution >= 4 is 40.0 Å². The Labute approximate surface area is 151 Å².